The van der Waals surface area contributed by atoms with Crippen molar-refractivity contribution < 1.29 is 4.79 Å². The van der Waals surface area contributed by atoms with Crippen molar-refractivity contribution >= 4 is 5.78 Å². The van der Waals surface area contributed by atoms with E-state index in [1.807, 2.05) is 13.8 Å². The second-order valence-electron chi connectivity index (χ2n) is 3.73. The van der Waals surface area contributed by atoms with Gasteiger partial charge in [0.15, 0.2) is 0 Å². The molecule has 0 bridgehead atoms. The molecule has 0 unspecified atom stereocenters. The Labute approximate surface area is 61.8 Å². The summed E-state index contributed by atoms with van der Waals surface area (Å²) in [5.41, 5.74) is 5.18. The van der Waals surface area contributed by atoms with E-state index in [9.17, 15) is 4.79 Å². The molecule has 2 nitrogen and oxygen atoms in total. The fourth-order valence-corrected chi connectivity index (χ4v) is 0.999. The molecule has 0 saturated heterocycles. The van der Waals surface area contributed by atoms with Crippen LogP contribution in [0.15, 0.2) is 0 Å². The normalized spacial score (nSPS) is 19.1. The first-order chi connectivity index (χ1) is 4.58. The summed E-state index contributed by atoms with van der Waals surface area (Å²) in [5, 5.41) is 0. The number of carbonyl (C=O) groups excluding carboxylic acids is 1. The molecule has 58 valence electrons. The molecule has 10 heavy (non-hydrogen) atoms. The van der Waals surface area contributed by atoms with Crippen LogP contribution in [-0.4, -0.2) is 12.3 Å². The molecule has 2 heteroatoms. The highest BCUT2D eigenvalue weighted by Gasteiger charge is 2.38. The van der Waals surface area contributed by atoms with Crippen LogP contribution < -0.4 is 5.73 Å². The number of carbonyl (C=O) groups is 1. The number of hydrogen-bond donors (Lipinski definition) is 1. The SMILES string of the molecule is CC(C)(CN)C(=O)C1CC1. The molecule has 0 radical (unpaired) electrons. The molecule has 0 aromatic carbocycles. The molecule has 0 amide bonds. The summed E-state index contributed by atoms with van der Waals surface area (Å²) < 4.78 is 0. The Morgan fingerprint density at radius 2 is 2.10 bits per heavy atom. The lowest BCUT2D eigenvalue weighted by Gasteiger charge is -2.19. The summed E-state index contributed by atoms with van der Waals surface area (Å²) in [4.78, 5) is 11.4. The summed E-state index contributed by atoms with van der Waals surface area (Å²) >= 11 is 0. The van der Waals surface area contributed by atoms with E-state index in [4.69, 9.17) is 5.73 Å². The Hall–Kier alpha value is -0.370. The zero-order valence-corrected chi connectivity index (χ0v) is 6.68. The third-order valence-electron chi connectivity index (χ3n) is 2.13. The van der Waals surface area contributed by atoms with Gasteiger partial charge in [0.05, 0.1) is 0 Å². The first kappa shape index (κ1) is 7.73. The highest BCUT2D eigenvalue weighted by molar-refractivity contribution is 5.88. The third-order valence-corrected chi connectivity index (χ3v) is 2.13. The topological polar surface area (TPSA) is 43.1 Å². The van der Waals surface area contributed by atoms with Crippen LogP contribution in [0.25, 0.3) is 0 Å². The van der Waals surface area contributed by atoms with E-state index >= 15 is 0 Å². The third kappa shape index (κ3) is 1.37. The van der Waals surface area contributed by atoms with Gasteiger partial charge in [0, 0.05) is 17.9 Å². The van der Waals surface area contributed by atoms with E-state index in [0.717, 1.165) is 12.8 Å². The van der Waals surface area contributed by atoms with Gasteiger partial charge in [-0.05, 0) is 12.8 Å². The Morgan fingerprint density at radius 3 is 2.40 bits per heavy atom. The average Bonchev–Trinajstić information content (AvgIpc) is 2.68. The van der Waals surface area contributed by atoms with Crippen molar-refractivity contribution in [2.45, 2.75) is 26.7 Å². The van der Waals surface area contributed by atoms with E-state index < -0.39 is 0 Å². The van der Waals surface area contributed by atoms with E-state index in [-0.39, 0.29) is 5.41 Å². The van der Waals surface area contributed by atoms with Gasteiger partial charge in [0.1, 0.15) is 5.78 Å². The van der Waals surface area contributed by atoms with Gasteiger partial charge in [-0.1, -0.05) is 13.8 Å². The molecule has 1 saturated carbocycles. The molecule has 1 fully saturated rings. The maximum atomic E-state index is 11.4. The van der Waals surface area contributed by atoms with Gasteiger partial charge < -0.3 is 5.73 Å². The number of hydrogen-bond acceptors (Lipinski definition) is 2. The van der Waals surface area contributed by atoms with Crippen molar-refractivity contribution in [2.75, 3.05) is 6.54 Å². The second-order valence-corrected chi connectivity index (χ2v) is 3.73. The summed E-state index contributed by atoms with van der Waals surface area (Å²) in [6.07, 6.45) is 2.17. The van der Waals surface area contributed by atoms with Crippen molar-refractivity contribution in [1.82, 2.24) is 0 Å². The van der Waals surface area contributed by atoms with Gasteiger partial charge in [-0.15, -0.1) is 0 Å². The number of rotatable bonds is 3. The van der Waals surface area contributed by atoms with Crippen molar-refractivity contribution in [2.24, 2.45) is 17.1 Å². The fraction of sp³-hybridized carbons (Fsp3) is 0.875. The molecule has 0 aromatic rings. The highest BCUT2D eigenvalue weighted by Crippen LogP contribution is 2.36. The standard InChI is InChI=1S/C8H15NO/c1-8(2,5-9)7(10)6-3-4-6/h6H,3-5,9H2,1-2H3. The molecule has 1 aliphatic carbocycles. The molecule has 0 heterocycles. The summed E-state index contributed by atoms with van der Waals surface area (Å²) in [6.45, 7) is 4.32. The minimum absolute atomic E-state index is 0.277. The monoisotopic (exact) mass is 141 g/mol. The molecule has 0 spiro atoms. The Bertz CT molecular complexity index is 147. The van der Waals surface area contributed by atoms with Crippen LogP contribution in [0, 0.1) is 11.3 Å². The molecule has 1 rings (SSSR count). The van der Waals surface area contributed by atoms with Crippen molar-refractivity contribution in [3.8, 4) is 0 Å². The van der Waals surface area contributed by atoms with Crippen LogP contribution in [-0.2, 0) is 4.79 Å². The Kier molecular flexibility index (Phi) is 1.82. The van der Waals surface area contributed by atoms with Crippen LogP contribution in [0.5, 0.6) is 0 Å². The smallest absolute Gasteiger partial charge is 0.142 e. The number of Topliss-reactive ketones (excluding diaryl/α,β-unsaturated/α-hetero) is 1. The van der Waals surface area contributed by atoms with Crippen LogP contribution in [0.1, 0.15) is 26.7 Å². The quantitative estimate of drug-likeness (QED) is 0.636. The van der Waals surface area contributed by atoms with Crippen molar-refractivity contribution in [3.05, 3.63) is 0 Å². The lowest BCUT2D eigenvalue weighted by Crippen LogP contribution is -2.33. The lowest BCUT2D eigenvalue weighted by molar-refractivity contribution is -0.127. The molecule has 1 aliphatic rings. The van der Waals surface area contributed by atoms with E-state index in [2.05, 4.69) is 0 Å². The predicted molar refractivity (Wildman–Crippen MR) is 40.6 cm³/mol. The summed E-state index contributed by atoms with van der Waals surface area (Å²) in [7, 11) is 0. The van der Waals surface area contributed by atoms with Crippen molar-refractivity contribution in [3.63, 3.8) is 0 Å². The first-order valence-electron chi connectivity index (χ1n) is 3.82. The molecule has 0 atom stereocenters. The van der Waals surface area contributed by atoms with Gasteiger partial charge >= 0.3 is 0 Å². The van der Waals surface area contributed by atoms with Crippen molar-refractivity contribution in [1.29, 1.82) is 0 Å². The first-order valence-corrected chi connectivity index (χ1v) is 3.82. The average molecular weight is 141 g/mol. The maximum absolute atomic E-state index is 11.4. The van der Waals surface area contributed by atoms with Crippen LogP contribution in [0.2, 0.25) is 0 Å². The summed E-state index contributed by atoms with van der Waals surface area (Å²) in [6, 6.07) is 0. The van der Waals surface area contributed by atoms with Crippen LogP contribution >= 0.6 is 0 Å². The zero-order valence-electron chi connectivity index (χ0n) is 6.68. The highest BCUT2D eigenvalue weighted by atomic mass is 16.1. The maximum Gasteiger partial charge on any atom is 0.142 e. The summed E-state index contributed by atoms with van der Waals surface area (Å²) in [5.74, 6) is 0.702. The van der Waals surface area contributed by atoms with Gasteiger partial charge in [0.25, 0.3) is 0 Å². The number of nitrogens with two attached hydrogens (primary N) is 1. The fourth-order valence-electron chi connectivity index (χ4n) is 0.999. The minimum atomic E-state index is -0.277. The van der Waals surface area contributed by atoms with Gasteiger partial charge in [0.2, 0.25) is 0 Å². The second kappa shape index (κ2) is 2.35. The number of ketones is 1. The van der Waals surface area contributed by atoms with Gasteiger partial charge in [-0.25, -0.2) is 0 Å². The van der Waals surface area contributed by atoms with E-state index in [1.165, 1.54) is 0 Å². The molecule has 0 aliphatic heterocycles. The van der Waals surface area contributed by atoms with Crippen LogP contribution in [0.3, 0.4) is 0 Å². The predicted octanol–water partition coefficient (Wildman–Crippen LogP) is 0.950. The Balaban J connectivity index is 2.52. The van der Waals surface area contributed by atoms with E-state index in [1.54, 1.807) is 0 Å². The lowest BCUT2D eigenvalue weighted by atomic mass is 9.86. The molecule has 2 N–H and O–H groups in total. The van der Waals surface area contributed by atoms with Crippen LogP contribution in [0.4, 0.5) is 0 Å². The van der Waals surface area contributed by atoms with Gasteiger partial charge in [-0.2, -0.15) is 0 Å². The molecular weight excluding hydrogens is 126 g/mol. The van der Waals surface area contributed by atoms with E-state index in [0.29, 0.717) is 18.2 Å². The minimum Gasteiger partial charge on any atom is -0.329 e. The molecular formula is C8H15NO. The molecule has 0 aromatic heterocycles. The largest absolute Gasteiger partial charge is 0.329 e. The van der Waals surface area contributed by atoms with Gasteiger partial charge in [-0.3, -0.25) is 4.79 Å². The Morgan fingerprint density at radius 1 is 1.60 bits per heavy atom. The zero-order chi connectivity index (χ0) is 7.78.